The van der Waals surface area contributed by atoms with Crippen LogP contribution in [0.4, 0.5) is 18.9 Å². The Morgan fingerprint density at radius 2 is 2.22 bits per heavy atom. The molecule has 0 spiro atoms. The van der Waals surface area contributed by atoms with Crippen LogP contribution >= 0.6 is 15.9 Å². The van der Waals surface area contributed by atoms with Gasteiger partial charge in [-0.25, -0.2) is 4.39 Å². The highest BCUT2D eigenvalue weighted by molar-refractivity contribution is 9.10. The fourth-order valence-corrected chi connectivity index (χ4v) is 1.65. The number of rotatable bonds is 4. The third-order valence-corrected chi connectivity index (χ3v) is 2.32. The molecule has 1 aromatic carbocycles. The first-order valence-corrected chi connectivity index (χ1v) is 5.34. The van der Waals surface area contributed by atoms with Gasteiger partial charge in [0.25, 0.3) is 0 Å². The molecule has 8 heteroatoms. The van der Waals surface area contributed by atoms with E-state index >= 15 is 0 Å². The van der Waals surface area contributed by atoms with E-state index in [4.69, 9.17) is 5.26 Å². The fraction of sp³-hybridized carbons (Fsp3) is 0.200. The lowest BCUT2D eigenvalue weighted by Gasteiger charge is -2.13. The van der Waals surface area contributed by atoms with E-state index in [0.717, 1.165) is 12.1 Å². The van der Waals surface area contributed by atoms with Crippen molar-refractivity contribution in [2.24, 2.45) is 0 Å². The molecule has 18 heavy (non-hydrogen) atoms. The SMILES string of the molecule is N#CCC(=O)Nc1cc(F)cc(Br)c1OC(F)F. The summed E-state index contributed by atoms with van der Waals surface area (Å²) in [7, 11) is 0. The molecule has 0 aliphatic carbocycles. The second kappa shape index (κ2) is 6.26. The van der Waals surface area contributed by atoms with Crippen molar-refractivity contribution in [3.8, 4) is 11.8 Å². The highest BCUT2D eigenvalue weighted by Gasteiger charge is 2.17. The molecule has 0 bridgehead atoms. The van der Waals surface area contributed by atoms with Gasteiger partial charge in [-0.1, -0.05) is 0 Å². The molecule has 1 amide bonds. The normalized spacial score (nSPS) is 10.0. The molecule has 0 unspecified atom stereocenters. The van der Waals surface area contributed by atoms with E-state index in [1.807, 2.05) is 0 Å². The van der Waals surface area contributed by atoms with Crippen LogP contribution in [0.5, 0.6) is 5.75 Å². The monoisotopic (exact) mass is 322 g/mol. The molecule has 0 saturated heterocycles. The Kier molecular flexibility index (Phi) is 4.97. The summed E-state index contributed by atoms with van der Waals surface area (Å²) in [5.41, 5.74) is -0.276. The molecule has 0 heterocycles. The number of carbonyl (C=O) groups excluding carboxylic acids is 1. The first kappa shape index (κ1) is 14.3. The van der Waals surface area contributed by atoms with E-state index in [0.29, 0.717) is 0 Å². The van der Waals surface area contributed by atoms with Crippen LogP contribution in [0.2, 0.25) is 0 Å². The summed E-state index contributed by atoms with van der Waals surface area (Å²) >= 11 is 2.84. The summed E-state index contributed by atoms with van der Waals surface area (Å²) in [6.07, 6.45) is -0.484. The minimum atomic E-state index is -3.13. The minimum absolute atomic E-state index is 0.0740. The Bertz CT molecular complexity index is 503. The largest absolute Gasteiger partial charge is 0.431 e. The zero-order valence-corrected chi connectivity index (χ0v) is 10.3. The molecule has 0 aliphatic rings. The van der Waals surface area contributed by atoms with Gasteiger partial charge in [-0.05, 0) is 22.0 Å². The number of nitriles is 1. The Morgan fingerprint density at radius 1 is 1.56 bits per heavy atom. The second-order valence-electron chi connectivity index (χ2n) is 3.03. The van der Waals surface area contributed by atoms with Crippen LogP contribution in [0, 0.1) is 17.1 Å². The third-order valence-electron chi connectivity index (χ3n) is 1.73. The van der Waals surface area contributed by atoms with Crippen LogP contribution in [-0.2, 0) is 4.79 Å². The van der Waals surface area contributed by atoms with Gasteiger partial charge in [-0.3, -0.25) is 4.79 Å². The molecule has 0 atom stereocenters. The van der Waals surface area contributed by atoms with Gasteiger partial charge >= 0.3 is 6.61 Å². The maximum atomic E-state index is 13.1. The topological polar surface area (TPSA) is 62.1 Å². The van der Waals surface area contributed by atoms with Crippen molar-refractivity contribution in [3.63, 3.8) is 0 Å². The molecule has 0 radical (unpaired) electrons. The third kappa shape index (κ3) is 3.92. The zero-order chi connectivity index (χ0) is 13.7. The quantitative estimate of drug-likeness (QED) is 0.926. The highest BCUT2D eigenvalue weighted by Crippen LogP contribution is 2.35. The van der Waals surface area contributed by atoms with Gasteiger partial charge in [-0.2, -0.15) is 14.0 Å². The van der Waals surface area contributed by atoms with Gasteiger partial charge in [0.1, 0.15) is 12.2 Å². The van der Waals surface area contributed by atoms with Crippen molar-refractivity contribution in [2.45, 2.75) is 13.0 Å². The lowest BCUT2D eigenvalue weighted by molar-refractivity contribution is -0.115. The average molecular weight is 323 g/mol. The predicted molar refractivity (Wildman–Crippen MR) is 59.6 cm³/mol. The number of carbonyl (C=O) groups is 1. The summed E-state index contributed by atoms with van der Waals surface area (Å²) in [6.45, 7) is -3.13. The number of hydrogen-bond donors (Lipinski definition) is 1. The van der Waals surface area contributed by atoms with Crippen molar-refractivity contribution in [1.29, 1.82) is 5.26 Å². The van der Waals surface area contributed by atoms with Gasteiger partial charge in [0.2, 0.25) is 5.91 Å². The van der Waals surface area contributed by atoms with Crippen molar-refractivity contribution >= 4 is 27.5 Å². The molecule has 0 saturated carbocycles. The Morgan fingerprint density at radius 3 is 2.78 bits per heavy atom. The zero-order valence-electron chi connectivity index (χ0n) is 8.71. The lowest BCUT2D eigenvalue weighted by Crippen LogP contribution is -2.13. The lowest BCUT2D eigenvalue weighted by atomic mass is 10.2. The maximum Gasteiger partial charge on any atom is 0.387 e. The van der Waals surface area contributed by atoms with Gasteiger partial charge < -0.3 is 10.1 Å². The summed E-state index contributed by atoms with van der Waals surface area (Å²) in [6, 6.07) is 3.30. The van der Waals surface area contributed by atoms with Crippen LogP contribution in [0.3, 0.4) is 0 Å². The molecule has 4 nitrogen and oxygen atoms in total. The predicted octanol–water partition coefficient (Wildman–Crippen LogP) is 3.04. The molecule has 1 N–H and O–H groups in total. The molecule has 0 aromatic heterocycles. The minimum Gasteiger partial charge on any atom is -0.431 e. The first-order valence-electron chi connectivity index (χ1n) is 4.54. The van der Waals surface area contributed by atoms with E-state index in [1.165, 1.54) is 0 Å². The molecule has 0 aliphatic heterocycles. The number of anilines is 1. The standard InChI is InChI=1S/C10H6BrF3N2O2/c11-6-3-5(12)4-7(9(6)18-10(13)14)16-8(17)1-2-15/h3-4,10H,1H2,(H,16,17). The number of nitrogens with one attached hydrogen (secondary N) is 1. The summed E-state index contributed by atoms with van der Waals surface area (Å²) < 4.78 is 41.5. The van der Waals surface area contributed by atoms with E-state index in [9.17, 15) is 18.0 Å². The molecular formula is C10H6BrF3N2O2. The number of alkyl halides is 2. The average Bonchev–Trinajstić information content (AvgIpc) is 2.23. The number of halogens is 4. The van der Waals surface area contributed by atoms with E-state index < -0.39 is 30.5 Å². The van der Waals surface area contributed by atoms with Crippen LogP contribution in [0.1, 0.15) is 6.42 Å². The molecule has 1 rings (SSSR count). The van der Waals surface area contributed by atoms with Gasteiger partial charge in [-0.15, -0.1) is 0 Å². The van der Waals surface area contributed by atoms with Crippen molar-refractivity contribution < 1.29 is 22.7 Å². The Labute approximate surface area is 108 Å². The number of benzene rings is 1. The van der Waals surface area contributed by atoms with Crippen molar-refractivity contribution in [1.82, 2.24) is 0 Å². The van der Waals surface area contributed by atoms with Crippen LogP contribution in [0.25, 0.3) is 0 Å². The number of hydrogen-bond acceptors (Lipinski definition) is 3. The Hall–Kier alpha value is -1.75. The van der Waals surface area contributed by atoms with Crippen LogP contribution in [0.15, 0.2) is 16.6 Å². The summed E-state index contributed by atoms with van der Waals surface area (Å²) in [5.74, 6) is -1.91. The first-order chi connectivity index (χ1) is 8.43. The smallest absolute Gasteiger partial charge is 0.387 e. The molecular weight excluding hydrogens is 317 g/mol. The van der Waals surface area contributed by atoms with Gasteiger partial charge in [0.05, 0.1) is 16.2 Å². The van der Waals surface area contributed by atoms with E-state index in [-0.39, 0.29) is 10.2 Å². The van der Waals surface area contributed by atoms with Crippen molar-refractivity contribution in [2.75, 3.05) is 5.32 Å². The molecule has 96 valence electrons. The summed E-state index contributed by atoms with van der Waals surface area (Å²) in [5, 5.41) is 10.4. The number of amides is 1. The maximum absolute atomic E-state index is 13.1. The van der Waals surface area contributed by atoms with Gasteiger partial charge in [0.15, 0.2) is 5.75 Å². The van der Waals surface area contributed by atoms with Gasteiger partial charge in [0, 0.05) is 6.07 Å². The van der Waals surface area contributed by atoms with Crippen molar-refractivity contribution in [3.05, 3.63) is 22.4 Å². The second-order valence-corrected chi connectivity index (χ2v) is 3.88. The van der Waals surface area contributed by atoms with E-state index in [2.05, 4.69) is 26.0 Å². The highest BCUT2D eigenvalue weighted by atomic mass is 79.9. The number of nitrogens with zero attached hydrogens (tertiary/aromatic N) is 1. The molecule has 1 aromatic rings. The van der Waals surface area contributed by atoms with Crippen LogP contribution < -0.4 is 10.1 Å². The Balaban J connectivity index is 3.07. The van der Waals surface area contributed by atoms with E-state index in [1.54, 1.807) is 6.07 Å². The summed E-state index contributed by atoms with van der Waals surface area (Å²) in [4.78, 5) is 11.2. The fourth-order valence-electron chi connectivity index (χ4n) is 1.13. The number of ether oxygens (including phenoxy) is 1. The van der Waals surface area contributed by atoms with Crippen LogP contribution in [-0.4, -0.2) is 12.5 Å². The molecule has 0 fully saturated rings.